The standard InChI is InChI=1S/C13H19N3O/c1-10(2)16-9-14-7-12(16)8-15-11(3)13-5-4-6-17-13/h4-7,9-11,15H,8H2,1-3H3. The Labute approximate surface area is 102 Å². The molecular formula is C13H19N3O. The summed E-state index contributed by atoms with van der Waals surface area (Å²) >= 11 is 0. The van der Waals surface area contributed by atoms with Gasteiger partial charge in [-0.15, -0.1) is 0 Å². The van der Waals surface area contributed by atoms with Crippen molar-refractivity contribution in [3.05, 3.63) is 42.4 Å². The number of nitrogens with zero attached hydrogens (tertiary/aromatic N) is 2. The zero-order valence-corrected chi connectivity index (χ0v) is 10.6. The largest absolute Gasteiger partial charge is 0.468 e. The van der Waals surface area contributed by atoms with Gasteiger partial charge in [0.2, 0.25) is 0 Å². The molecular weight excluding hydrogens is 214 g/mol. The second-order valence-corrected chi connectivity index (χ2v) is 4.50. The third-order valence-electron chi connectivity index (χ3n) is 2.86. The average molecular weight is 233 g/mol. The molecule has 92 valence electrons. The Balaban J connectivity index is 1.96. The fourth-order valence-electron chi connectivity index (χ4n) is 1.83. The highest BCUT2D eigenvalue weighted by molar-refractivity contribution is 5.05. The van der Waals surface area contributed by atoms with Gasteiger partial charge in [0.1, 0.15) is 5.76 Å². The summed E-state index contributed by atoms with van der Waals surface area (Å²) < 4.78 is 7.53. The van der Waals surface area contributed by atoms with E-state index in [4.69, 9.17) is 4.42 Å². The van der Waals surface area contributed by atoms with Gasteiger partial charge in [0.15, 0.2) is 0 Å². The highest BCUT2D eigenvalue weighted by Crippen LogP contribution is 2.14. The topological polar surface area (TPSA) is 43.0 Å². The molecule has 0 saturated heterocycles. The molecule has 0 aliphatic carbocycles. The summed E-state index contributed by atoms with van der Waals surface area (Å²) in [4.78, 5) is 4.18. The van der Waals surface area contributed by atoms with Crippen molar-refractivity contribution in [3.8, 4) is 0 Å². The lowest BCUT2D eigenvalue weighted by Crippen LogP contribution is -2.20. The van der Waals surface area contributed by atoms with Crippen LogP contribution in [0.2, 0.25) is 0 Å². The third kappa shape index (κ3) is 2.77. The second-order valence-electron chi connectivity index (χ2n) is 4.50. The molecule has 2 aromatic heterocycles. The van der Waals surface area contributed by atoms with Crippen LogP contribution in [0.3, 0.4) is 0 Å². The highest BCUT2D eigenvalue weighted by Gasteiger charge is 2.10. The zero-order chi connectivity index (χ0) is 12.3. The minimum absolute atomic E-state index is 0.209. The van der Waals surface area contributed by atoms with Crippen LogP contribution < -0.4 is 5.32 Å². The number of furan rings is 1. The fourth-order valence-corrected chi connectivity index (χ4v) is 1.83. The van der Waals surface area contributed by atoms with Crippen LogP contribution in [-0.4, -0.2) is 9.55 Å². The van der Waals surface area contributed by atoms with E-state index < -0.39 is 0 Å². The molecule has 0 aliphatic heterocycles. The Morgan fingerprint density at radius 3 is 2.88 bits per heavy atom. The lowest BCUT2D eigenvalue weighted by atomic mass is 10.2. The van der Waals surface area contributed by atoms with Crippen molar-refractivity contribution in [1.82, 2.24) is 14.9 Å². The van der Waals surface area contributed by atoms with Crippen molar-refractivity contribution in [2.45, 2.75) is 39.4 Å². The van der Waals surface area contributed by atoms with Crippen LogP contribution in [0.25, 0.3) is 0 Å². The molecule has 0 aromatic carbocycles. The van der Waals surface area contributed by atoms with Crippen LogP contribution in [0, 0.1) is 0 Å². The van der Waals surface area contributed by atoms with Crippen molar-refractivity contribution >= 4 is 0 Å². The second kappa shape index (κ2) is 5.19. The molecule has 0 fully saturated rings. The molecule has 0 saturated carbocycles. The molecule has 1 unspecified atom stereocenters. The summed E-state index contributed by atoms with van der Waals surface area (Å²) in [7, 11) is 0. The predicted octanol–water partition coefficient (Wildman–Crippen LogP) is 2.91. The SMILES string of the molecule is CC(NCc1cncn1C(C)C)c1ccco1. The molecule has 0 spiro atoms. The molecule has 1 atom stereocenters. The van der Waals surface area contributed by atoms with Crippen LogP contribution in [0.4, 0.5) is 0 Å². The summed E-state index contributed by atoms with van der Waals surface area (Å²) in [6.45, 7) is 7.19. The first kappa shape index (κ1) is 11.9. The van der Waals surface area contributed by atoms with Gasteiger partial charge in [-0.2, -0.15) is 0 Å². The van der Waals surface area contributed by atoms with Crippen LogP contribution in [0.15, 0.2) is 35.3 Å². The van der Waals surface area contributed by atoms with Gasteiger partial charge in [-0.3, -0.25) is 0 Å². The van der Waals surface area contributed by atoms with Crippen molar-refractivity contribution in [3.63, 3.8) is 0 Å². The molecule has 0 aliphatic rings. The van der Waals surface area contributed by atoms with E-state index in [1.54, 1.807) is 6.26 Å². The monoisotopic (exact) mass is 233 g/mol. The van der Waals surface area contributed by atoms with Crippen LogP contribution >= 0.6 is 0 Å². The highest BCUT2D eigenvalue weighted by atomic mass is 16.3. The number of imidazole rings is 1. The Kier molecular flexibility index (Phi) is 3.64. The van der Waals surface area contributed by atoms with Gasteiger partial charge in [-0.05, 0) is 32.9 Å². The Morgan fingerprint density at radius 1 is 1.41 bits per heavy atom. The predicted molar refractivity (Wildman–Crippen MR) is 66.6 cm³/mol. The molecule has 0 bridgehead atoms. The van der Waals surface area contributed by atoms with Gasteiger partial charge < -0.3 is 14.3 Å². The average Bonchev–Trinajstić information content (AvgIpc) is 2.96. The smallest absolute Gasteiger partial charge is 0.120 e. The first-order valence-corrected chi connectivity index (χ1v) is 5.96. The maximum atomic E-state index is 5.36. The lowest BCUT2D eigenvalue weighted by molar-refractivity contribution is 0.423. The summed E-state index contributed by atoms with van der Waals surface area (Å²) in [5.41, 5.74) is 1.19. The Morgan fingerprint density at radius 2 is 2.24 bits per heavy atom. The van der Waals surface area contributed by atoms with Crippen LogP contribution in [-0.2, 0) is 6.54 Å². The van der Waals surface area contributed by atoms with E-state index in [9.17, 15) is 0 Å². The molecule has 0 amide bonds. The van der Waals surface area contributed by atoms with Crippen molar-refractivity contribution in [1.29, 1.82) is 0 Å². The number of aromatic nitrogens is 2. The van der Waals surface area contributed by atoms with E-state index in [-0.39, 0.29) is 6.04 Å². The van der Waals surface area contributed by atoms with E-state index in [0.29, 0.717) is 6.04 Å². The van der Waals surface area contributed by atoms with Crippen molar-refractivity contribution in [2.75, 3.05) is 0 Å². The van der Waals surface area contributed by atoms with Gasteiger partial charge >= 0.3 is 0 Å². The molecule has 4 nitrogen and oxygen atoms in total. The van der Waals surface area contributed by atoms with E-state index in [1.165, 1.54) is 5.69 Å². The number of hydrogen-bond acceptors (Lipinski definition) is 3. The van der Waals surface area contributed by atoms with Gasteiger partial charge in [0.05, 0.1) is 24.3 Å². The minimum Gasteiger partial charge on any atom is -0.468 e. The molecule has 17 heavy (non-hydrogen) atoms. The molecule has 2 heterocycles. The molecule has 1 N–H and O–H groups in total. The van der Waals surface area contributed by atoms with E-state index >= 15 is 0 Å². The van der Waals surface area contributed by atoms with Crippen molar-refractivity contribution < 1.29 is 4.42 Å². The molecule has 0 radical (unpaired) electrons. The molecule has 4 heteroatoms. The van der Waals surface area contributed by atoms with E-state index in [0.717, 1.165) is 12.3 Å². The minimum atomic E-state index is 0.209. The van der Waals surface area contributed by atoms with Gasteiger partial charge in [-0.1, -0.05) is 0 Å². The molecule has 2 rings (SSSR count). The Hall–Kier alpha value is -1.55. The maximum Gasteiger partial charge on any atom is 0.120 e. The van der Waals surface area contributed by atoms with E-state index in [2.05, 4.69) is 35.6 Å². The maximum absolute atomic E-state index is 5.36. The van der Waals surface area contributed by atoms with Crippen LogP contribution in [0.1, 0.15) is 44.3 Å². The van der Waals surface area contributed by atoms with Gasteiger partial charge in [0, 0.05) is 18.8 Å². The van der Waals surface area contributed by atoms with Crippen molar-refractivity contribution in [2.24, 2.45) is 0 Å². The summed E-state index contributed by atoms with van der Waals surface area (Å²) in [5, 5.41) is 3.43. The normalized spacial score (nSPS) is 13.2. The molecule has 2 aromatic rings. The first-order valence-electron chi connectivity index (χ1n) is 5.96. The van der Waals surface area contributed by atoms with Gasteiger partial charge in [0.25, 0.3) is 0 Å². The third-order valence-corrected chi connectivity index (χ3v) is 2.86. The zero-order valence-electron chi connectivity index (χ0n) is 10.6. The summed E-state index contributed by atoms with van der Waals surface area (Å²) in [6.07, 6.45) is 5.48. The quantitative estimate of drug-likeness (QED) is 0.863. The summed E-state index contributed by atoms with van der Waals surface area (Å²) in [6, 6.07) is 4.54. The van der Waals surface area contributed by atoms with Gasteiger partial charge in [-0.25, -0.2) is 4.98 Å². The number of rotatable bonds is 5. The Bertz CT molecular complexity index is 445. The number of nitrogens with one attached hydrogen (secondary N) is 1. The number of hydrogen-bond donors (Lipinski definition) is 1. The fraction of sp³-hybridized carbons (Fsp3) is 0.462. The van der Waals surface area contributed by atoms with Crippen LogP contribution in [0.5, 0.6) is 0 Å². The first-order chi connectivity index (χ1) is 8.18. The summed E-state index contributed by atoms with van der Waals surface area (Å²) in [5.74, 6) is 0.959. The van der Waals surface area contributed by atoms with E-state index in [1.807, 2.05) is 24.7 Å². The lowest BCUT2D eigenvalue weighted by Gasteiger charge is -2.15.